The van der Waals surface area contributed by atoms with Crippen LogP contribution in [0.5, 0.6) is 0 Å². The van der Waals surface area contributed by atoms with E-state index in [-0.39, 0.29) is 0 Å². The molecule has 5 heteroatoms. The quantitative estimate of drug-likeness (QED) is 0.424. The zero-order valence-corrected chi connectivity index (χ0v) is 9.59. The maximum atomic E-state index is 8.38. The van der Waals surface area contributed by atoms with E-state index in [1.807, 2.05) is 5.38 Å². The zero-order valence-electron chi connectivity index (χ0n) is 7.96. The summed E-state index contributed by atoms with van der Waals surface area (Å²) in [7, 11) is 0. The minimum atomic E-state index is 0.776. The molecule has 0 aliphatic carbocycles. The number of hydrogen-bond acceptors (Lipinski definition) is 3. The smallest absolute Gasteiger partial charge is 0.0514 e. The predicted molar refractivity (Wildman–Crippen MR) is 64.9 cm³/mol. The lowest BCUT2D eigenvalue weighted by atomic mass is 10.1. The zero-order chi connectivity index (χ0) is 10.5. The highest BCUT2D eigenvalue weighted by Gasteiger charge is 2.02. The van der Waals surface area contributed by atoms with E-state index in [2.05, 4.69) is 32.2 Å². The van der Waals surface area contributed by atoms with E-state index in [1.54, 1.807) is 22.7 Å². The molecule has 15 heavy (non-hydrogen) atoms. The molecule has 0 aromatic carbocycles. The molecule has 0 unspecified atom stereocenters. The lowest BCUT2D eigenvalue weighted by Crippen LogP contribution is -1.86. The Kier molecular flexibility index (Phi) is 3.40. The van der Waals surface area contributed by atoms with Crippen molar-refractivity contribution >= 4 is 28.4 Å². The molecule has 2 aromatic heterocycles. The lowest BCUT2D eigenvalue weighted by molar-refractivity contribution is 0.970. The summed E-state index contributed by atoms with van der Waals surface area (Å²) in [6.45, 7) is 0. The standard InChI is InChI=1S/C10H9N3S2/c11-13-12-10-7-15-6-9(10)2-1-8-3-4-14-5-8/h3-7H,1-2H2. The Balaban J connectivity index is 2.04. The van der Waals surface area contributed by atoms with Crippen LogP contribution in [0.3, 0.4) is 0 Å². The van der Waals surface area contributed by atoms with E-state index in [0.717, 1.165) is 24.1 Å². The van der Waals surface area contributed by atoms with E-state index < -0.39 is 0 Å². The van der Waals surface area contributed by atoms with Gasteiger partial charge in [0.2, 0.25) is 0 Å². The SMILES string of the molecule is [N-]=[N+]=Nc1cscc1CCc1ccsc1. The van der Waals surface area contributed by atoms with Crippen molar-refractivity contribution in [1.82, 2.24) is 0 Å². The summed E-state index contributed by atoms with van der Waals surface area (Å²) in [5.41, 5.74) is 11.6. The van der Waals surface area contributed by atoms with Crippen LogP contribution in [0.25, 0.3) is 10.4 Å². The third kappa shape index (κ3) is 2.59. The second kappa shape index (κ2) is 4.98. The lowest BCUT2D eigenvalue weighted by Gasteiger charge is -1.97. The first kappa shape index (κ1) is 10.2. The van der Waals surface area contributed by atoms with Crippen molar-refractivity contribution in [3.8, 4) is 0 Å². The van der Waals surface area contributed by atoms with Crippen molar-refractivity contribution in [3.63, 3.8) is 0 Å². The molecule has 0 saturated heterocycles. The molecule has 0 aliphatic rings. The van der Waals surface area contributed by atoms with E-state index in [1.165, 1.54) is 5.56 Å². The minimum Gasteiger partial charge on any atom is -0.152 e. The molecule has 3 nitrogen and oxygen atoms in total. The molecule has 0 N–H and O–H groups in total. The van der Waals surface area contributed by atoms with Crippen molar-refractivity contribution in [2.24, 2.45) is 5.11 Å². The van der Waals surface area contributed by atoms with Gasteiger partial charge in [-0.3, -0.25) is 0 Å². The topological polar surface area (TPSA) is 48.8 Å². The number of nitrogens with zero attached hydrogens (tertiary/aromatic N) is 3. The van der Waals surface area contributed by atoms with Gasteiger partial charge in [-0.1, -0.05) is 5.11 Å². The second-order valence-electron chi connectivity index (χ2n) is 3.10. The summed E-state index contributed by atoms with van der Waals surface area (Å²) in [4.78, 5) is 2.82. The highest BCUT2D eigenvalue weighted by molar-refractivity contribution is 7.08. The van der Waals surface area contributed by atoms with Gasteiger partial charge in [0.05, 0.1) is 5.69 Å². The van der Waals surface area contributed by atoms with Crippen LogP contribution in [-0.4, -0.2) is 0 Å². The first-order valence-electron chi connectivity index (χ1n) is 4.51. The Bertz CT molecular complexity index is 467. The third-order valence-corrected chi connectivity index (χ3v) is 3.65. The summed E-state index contributed by atoms with van der Waals surface area (Å²) >= 11 is 3.29. The predicted octanol–water partition coefficient (Wildman–Crippen LogP) is 4.54. The fourth-order valence-electron chi connectivity index (χ4n) is 1.35. The van der Waals surface area contributed by atoms with Gasteiger partial charge in [0.25, 0.3) is 0 Å². The molecule has 76 valence electrons. The normalized spacial score (nSPS) is 9.87. The average Bonchev–Trinajstić information content (AvgIpc) is 2.85. The number of hydrogen-bond donors (Lipinski definition) is 0. The third-order valence-electron chi connectivity index (χ3n) is 2.13. The molecular weight excluding hydrogens is 226 g/mol. The van der Waals surface area contributed by atoms with Gasteiger partial charge in [-0.2, -0.15) is 22.7 Å². The average molecular weight is 235 g/mol. The van der Waals surface area contributed by atoms with Gasteiger partial charge in [-0.05, 0) is 51.7 Å². The van der Waals surface area contributed by atoms with Crippen molar-refractivity contribution < 1.29 is 0 Å². The number of rotatable bonds is 4. The highest BCUT2D eigenvalue weighted by atomic mass is 32.1. The van der Waals surface area contributed by atoms with Crippen molar-refractivity contribution in [2.45, 2.75) is 12.8 Å². The molecule has 0 bridgehead atoms. The van der Waals surface area contributed by atoms with Gasteiger partial charge >= 0.3 is 0 Å². The van der Waals surface area contributed by atoms with E-state index in [9.17, 15) is 0 Å². The molecule has 0 spiro atoms. The Labute approximate surface area is 95.6 Å². The van der Waals surface area contributed by atoms with Crippen LogP contribution in [0, 0.1) is 0 Å². The molecule has 2 rings (SSSR count). The monoisotopic (exact) mass is 235 g/mol. The summed E-state index contributed by atoms with van der Waals surface area (Å²) in [5.74, 6) is 0. The molecule has 2 aromatic rings. The van der Waals surface area contributed by atoms with Gasteiger partial charge in [-0.25, -0.2) is 0 Å². The van der Waals surface area contributed by atoms with E-state index in [4.69, 9.17) is 5.53 Å². The minimum absolute atomic E-state index is 0.776. The summed E-state index contributed by atoms with van der Waals surface area (Å²) in [6.07, 6.45) is 1.95. The molecule has 0 amide bonds. The van der Waals surface area contributed by atoms with Crippen LogP contribution in [0.4, 0.5) is 5.69 Å². The number of azide groups is 1. The maximum Gasteiger partial charge on any atom is 0.0514 e. The van der Waals surface area contributed by atoms with Crippen molar-refractivity contribution in [2.75, 3.05) is 0 Å². The molecular formula is C10H9N3S2. The van der Waals surface area contributed by atoms with Crippen LogP contribution in [0.2, 0.25) is 0 Å². The Morgan fingerprint density at radius 3 is 2.87 bits per heavy atom. The number of aryl methyl sites for hydroxylation is 2. The first-order valence-corrected chi connectivity index (χ1v) is 6.40. The largest absolute Gasteiger partial charge is 0.152 e. The van der Waals surface area contributed by atoms with Gasteiger partial charge in [0.1, 0.15) is 0 Å². The van der Waals surface area contributed by atoms with Crippen molar-refractivity contribution in [1.29, 1.82) is 0 Å². The Morgan fingerprint density at radius 1 is 1.20 bits per heavy atom. The summed E-state index contributed by atoms with van der Waals surface area (Å²) < 4.78 is 0. The fourth-order valence-corrected chi connectivity index (χ4v) is 2.86. The van der Waals surface area contributed by atoms with Crippen molar-refractivity contribution in [3.05, 3.63) is 49.2 Å². The molecule has 0 fully saturated rings. The maximum absolute atomic E-state index is 8.38. The van der Waals surface area contributed by atoms with Crippen LogP contribution >= 0.6 is 22.7 Å². The van der Waals surface area contributed by atoms with Crippen LogP contribution in [0.1, 0.15) is 11.1 Å². The van der Waals surface area contributed by atoms with Gasteiger partial charge < -0.3 is 0 Å². The highest BCUT2D eigenvalue weighted by Crippen LogP contribution is 2.25. The summed E-state index contributed by atoms with van der Waals surface area (Å²) in [5, 5.41) is 11.8. The van der Waals surface area contributed by atoms with E-state index in [0.29, 0.717) is 0 Å². The Morgan fingerprint density at radius 2 is 2.13 bits per heavy atom. The van der Waals surface area contributed by atoms with E-state index >= 15 is 0 Å². The van der Waals surface area contributed by atoms with Gasteiger partial charge in [0.15, 0.2) is 0 Å². The molecule has 0 saturated carbocycles. The molecule has 0 aliphatic heterocycles. The van der Waals surface area contributed by atoms with Gasteiger partial charge in [0, 0.05) is 10.3 Å². The molecule has 0 atom stereocenters. The van der Waals surface area contributed by atoms with Crippen LogP contribution in [-0.2, 0) is 12.8 Å². The summed E-state index contributed by atoms with van der Waals surface area (Å²) in [6, 6.07) is 2.13. The van der Waals surface area contributed by atoms with Crippen LogP contribution < -0.4 is 0 Å². The van der Waals surface area contributed by atoms with Crippen LogP contribution in [0.15, 0.2) is 32.7 Å². The second-order valence-corrected chi connectivity index (χ2v) is 4.63. The molecule has 0 radical (unpaired) electrons. The number of thiophene rings is 2. The Hall–Kier alpha value is -1.29. The fraction of sp³-hybridized carbons (Fsp3) is 0.200. The first-order chi connectivity index (χ1) is 7.40. The molecule has 2 heterocycles. The van der Waals surface area contributed by atoms with Gasteiger partial charge in [-0.15, -0.1) is 0 Å².